The van der Waals surface area contributed by atoms with Gasteiger partial charge in [0, 0.05) is 0 Å². The molecular formula is C21H31BO5. The normalized spacial score (nSPS) is 29.3. The molecule has 3 rings (SSSR count). The van der Waals surface area contributed by atoms with Crippen LogP contribution in [-0.4, -0.2) is 34.5 Å². The molecule has 0 spiro atoms. The Labute approximate surface area is 162 Å². The van der Waals surface area contributed by atoms with Crippen LogP contribution >= 0.6 is 0 Å². The molecule has 1 unspecified atom stereocenters. The Morgan fingerprint density at radius 2 is 1.52 bits per heavy atom. The van der Waals surface area contributed by atoms with Crippen LogP contribution in [-0.2, 0) is 19.7 Å². The van der Waals surface area contributed by atoms with Crippen LogP contribution in [0, 0.1) is 11.8 Å². The summed E-state index contributed by atoms with van der Waals surface area (Å²) in [5.41, 5.74) is 0.0389. The smallest absolute Gasteiger partial charge is 0.481 e. The summed E-state index contributed by atoms with van der Waals surface area (Å²) in [6, 6.07) is 7.77. The standard InChI is InChI=1S/C21H31BO5/c1-19(2)20(3,4)27-22(26-19)17-12-10-16(11-13-17)21(5,25)15-8-6-14(7-9-15)18(23)24/h10-15,25H,6-9H2,1-5H3,(H,23,24). The molecule has 27 heavy (non-hydrogen) atoms. The molecule has 0 bridgehead atoms. The number of hydrogen-bond acceptors (Lipinski definition) is 4. The molecule has 2 N–H and O–H groups in total. The van der Waals surface area contributed by atoms with Gasteiger partial charge in [-0.25, -0.2) is 0 Å². The third-order valence-electron chi connectivity index (χ3n) is 6.89. The molecule has 0 radical (unpaired) electrons. The Kier molecular flexibility index (Phi) is 5.21. The number of aliphatic carboxylic acids is 1. The fourth-order valence-corrected chi connectivity index (χ4v) is 4.10. The van der Waals surface area contributed by atoms with Crippen LogP contribution in [0.3, 0.4) is 0 Å². The van der Waals surface area contributed by atoms with Crippen LogP contribution in [0.15, 0.2) is 24.3 Å². The first-order chi connectivity index (χ1) is 12.4. The molecule has 1 aliphatic heterocycles. The third kappa shape index (κ3) is 3.80. The Morgan fingerprint density at radius 1 is 1.04 bits per heavy atom. The Morgan fingerprint density at radius 3 is 1.96 bits per heavy atom. The van der Waals surface area contributed by atoms with E-state index in [4.69, 9.17) is 14.4 Å². The van der Waals surface area contributed by atoms with Crippen molar-refractivity contribution in [3.05, 3.63) is 29.8 Å². The zero-order valence-electron chi connectivity index (χ0n) is 17.0. The van der Waals surface area contributed by atoms with Crippen LogP contribution < -0.4 is 5.46 Å². The predicted octanol–water partition coefficient (Wildman–Crippen LogP) is 3.08. The zero-order chi connectivity index (χ0) is 20.0. The SMILES string of the molecule is CC(O)(c1ccc(B2OC(C)(C)C(C)(C)O2)cc1)C1CCC(C(=O)O)CC1. The molecule has 1 saturated carbocycles. The maximum Gasteiger partial charge on any atom is 0.494 e. The number of rotatable bonds is 4. The maximum absolute atomic E-state index is 11.1. The van der Waals surface area contributed by atoms with Gasteiger partial charge in [0.25, 0.3) is 0 Å². The molecule has 0 amide bonds. The Hall–Kier alpha value is -1.37. The summed E-state index contributed by atoms with van der Waals surface area (Å²) < 4.78 is 12.2. The van der Waals surface area contributed by atoms with Crippen molar-refractivity contribution in [3.8, 4) is 0 Å². The summed E-state index contributed by atoms with van der Waals surface area (Å²) in [5, 5.41) is 20.3. The van der Waals surface area contributed by atoms with Gasteiger partial charge in [-0.05, 0) is 77.2 Å². The lowest BCUT2D eigenvalue weighted by Crippen LogP contribution is -2.41. The number of benzene rings is 1. The van der Waals surface area contributed by atoms with Gasteiger partial charge >= 0.3 is 13.1 Å². The monoisotopic (exact) mass is 374 g/mol. The van der Waals surface area contributed by atoms with Gasteiger partial charge in [0.2, 0.25) is 0 Å². The summed E-state index contributed by atoms with van der Waals surface area (Å²) in [7, 11) is -0.417. The van der Waals surface area contributed by atoms with E-state index in [0.29, 0.717) is 12.8 Å². The van der Waals surface area contributed by atoms with Crippen molar-refractivity contribution in [2.75, 3.05) is 0 Å². The van der Waals surface area contributed by atoms with Crippen LogP contribution in [0.2, 0.25) is 0 Å². The van der Waals surface area contributed by atoms with Crippen molar-refractivity contribution in [3.63, 3.8) is 0 Å². The second-order valence-corrected chi connectivity index (χ2v) is 9.24. The van der Waals surface area contributed by atoms with Gasteiger partial charge in [0.05, 0.1) is 22.7 Å². The number of carbonyl (C=O) groups is 1. The topological polar surface area (TPSA) is 76.0 Å². The van der Waals surface area contributed by atoms with E-state index in [9.17, 15) is 9.90 Å². The lowest BCUT2D eigenvalue weighted by molar-refractivity contribution is -0.144. The van der Waals surface area contributed by atoms with Gasteiger partial charge in [-0.2, -0.15) is 0 Å². The Balaban J connectivity index is 1.71. The summed E-state index contributed by atoms with van der Waals surface area (Å²) in [6.07, 6.45) is 2.70. The van der Waals surface area contributed by atoms with Crippen LogP contribution in [0.4, 0.5) is 0 Å². The van der Waals surface area contributed by atoms with Crippen molar-refractivity contribution < 1.29 is 24.3 Å². The van der Waals surface area contributed by atoms with Crippen molar-refractivity contribution in [1.82, 2.24) is 0 Å². The van der Waals surface area contributed by atoms with E-state index in [1.165, 1.54) is 0 Å². The van der Waals surface area contributed by atoms with Crippen LogP contribution in [0.25, 0.3) is 0 Å². The molecule has 148 valence electrons. The van der Waals surface area contributed by atoms with Gasteiger partial charge < -0.3 is 19.5 Å². The fourth-order valence-electron chi connectivity index (χ4n) is 4.10. The number of carboxylic acids is 1. The molecule has 1 aromatic carbocycles. The minimum absolute atomic E-state index is 0.0656. The molecule has 1 heterocycles. The van der Waals surface area contributed by atoms with E-state index in [0.717, 1.165) is 23.9 Å². The number of carboxylic acid groups (broad SMARTS) is 1. The summed E-state index contributed by atoms with van der Waals surface area (Å²) in [5.74, 6) is -0.932. The Bertz CT molecular complexity index is 671. The average molecular weight is 374 g/mol. The fraction of sp³-hybridized carbons (Fsp3) is 0.667. The first kappa shape index (κ1) is 20.4. The van der Waals surface area contributed by atoms with E-state index in [1.54, 1.807) is 0 Å². The minimum atomic E-state index is -0.974. The minimum Gasteiger partial charge on any atom is -0.481 e. The lowest BCUT2D eigenvalue weighted by Gasteiger charge is -2.37. The van der Waals surface area contributed by atoms with Gasteiger partial charge in [-0.1, -0.05) is 24.3 Å². The zero-order valence-corrected chi connectivity index (χ0v) is 17.0. The summed E-state index contributed by atoms with van der Waals surface area (Å²) in [4.78, 5) is 11.1. The molecule has 1 aliphatic carbocycles. The maximum atomic E-state index is 11.1. The van der Waals surface area contributed by atoms with Gasteiger partial charge in [0.1, 0.15) is 0 Å². The molecular weight excluding hydrogens is 343 g/mol. The van der Waals surface area contributed by atoms with E-state index in [1.807, 2.05) is 58.9 Å². The molecule has 1 saturated heterocycles. The molecule has 0 aromatic heterocycles. The molecule has 2 aliphatic rings. The molecule has 1 atom stereocenters. The van der Waals surface area contributed by atoms with Crippen molar-refractivity contribution in [2.45, 2.75) is 77.1 Å². The van der Waals surface area contributed by atoms with Crippen LogP contribution in [0.5, 0.6) is 0 Å². The molecule has 1 aromatic rings. The van der Waals surface area contributed by atoms with Crippen molar-refractivity contribution in [1.29, 1.82) is 0 Å². The van der Waals surface area contributed by atoms with Gasteiger partial charge in [0.15, 0.2) is 0 Å². The highest BCUT2D eigenvalue weighted by Gasteiger charge is 2.51. The van der Waals surface area contributed by atoms with E-state index < -0.39 is 18.7 Å². The van der Waals surface area contributed by atoms with Crippen molar-refractivity contribution in [2.24, 2.45) is 11.8 Å². The lowest BCUT2D eigenvalue weighted by atomic mass is 9.70. The largest absolute Gasteiger partial charge is 0.494 e. The van der Waals surface area contributed by atoms with Gasteiger partial charge in [-0.3, -0.25) is 4.79 Å². The average Bonchev–Trinajstić information content (AvgIpc) is 2.83. The van der Waals surface area contributed by atoms with Crippen molar-refractivity contribution >= 4 is 18.6 Å². The van der Waals surface area contributed by atoms with Gasteiger partial charge in [-0.15, -0.1) is 0 Å². The van der Waals surface area contributed by atoms with E-state index in [-0.39, 0.29) is 23.0 Å². The number of hydrogen-bond donors (Lipinski definition) is 2. The molecule has 5 nitrogen and oxygen atoms in total. The third-order valence-corrected chi connectivity index (χ3v) is 6.89. The summed E-state index contributed by atoms with van der Waals surface area (Å²) >= 11 is 0. The van der Waals surface area contributed by atoms with E-state index in [2.05, 4.69) is 0 Å². The van der Waals surface area contributed by atoms with Crippen LogP contribution in [0.1, 0.15) is 65.9 Å². The molecule has 6 heteroatoms. The summed E-state index contributed by atoms with van der Waals surface area (Å²) in [6.45, 7) is 9.95. The quantitative estimate of drug-likeness (QED) is 0.793. The highest BCUT2D eigenvalue weighted by molar-refractivity contribution is 6.62. The predicted molar refractivity (Wildman–Crippen MR) is 105 cm³/mol. The first-order valence-electron chi connectivity index (χ1n) is 9.85. The van der Waals surface area contributed by atoms with E-state index >= 15 is 0 Å². The second kappa shape index (κ2) is 6.91. The molecule has 2 fully saturated rings. The number of aliphatic hydroxyl groups is 1. The highest BCUT2D eigenvalue weighted by Crippen LogP contribution is 2.41. The first-order valence-corrected chi connectivity index (χ1v) is 9.85. The highest BCUT2D eigenvalue weighted by atomic mass is 16.7. The second-order valence-electron chi connectivity index (χ2n) is 9.24.